The van der Waals surface area contributed by atoms with Gasteiger partial charge in [0.2, 0.25) is 0 Å². The zero-order chi connectivity index (χ0) is 17.2. The van der Waals surface area contributed by atoms with Gasteiger partial charge < -0.3 is 4.74 Å². The van der Waals surface area contributed by atoms with E-state index >= 15 is 0 Å². The Morgan fingerprint density at radius 1 is 1.05 bits per heavy atom. The molecule has 22 heavy (non-hydrogen) atoms. The smallest absolute Gasteiger partial charge is 0.449 e. The highest BCUT2D eigenvalue weighted by Gasteiger charge is 2.80. The normalized spacial score (nSPS) is 12.9. The Balaban J connectivity index is 3.39. The fourth-order valence-electron chi connectivity index (χ4n) is 1.48. The topological polar surface area (TPSA) is 55.8 Å². The van der Waals surface area contributed by atoms with Gasteiger partial charge >= 0.3 is 23.9 Å². The van der Waals surface area contributed by atoms with Crippen molar-refractivity contribution in [2.24, 2.45) is 0 Å². The minimum atomic E-state index is -6.24. The number of rotatable bonds is 4. The first-order chi connectivity index (χ1) is 9.99. The molecule has 1 aromatic rings. The zero-order valence-corrected chi connectivity index (χ0v) is 10.5. The lowest BCUT2D eigenvalue weighted by Gasteiger charge is -2.33. The molecule has 4 nitrogen and oxygen atoms in total. The summed E-state index contributed by atoms with van der Waals surface area (Å²) in [5, 5.41) is 8.01. The molecule has 2 radical (unpaired) electrons. The summed E-state index contributed by atoms with van der Waals surface area (Å²) >= 11 is 0. The van der Waals surface area contributed by atoms with E-state index in [9.17, 15) is 31.1 Å². The quantitative estimate of drug-likeness (QED) is 0.400. The molecule has 1 N–H and O–H groups in total. The molecular weight excluding hydrogens is 321 g/mol. The van der Waals surface area contributed by atoms with E-state index in [0.29, 0.717) is 5.56 Å². The summed E-state index contributed by atoms with van der Waals surface area (Å²) in [6.45, 7) is 0. The van der Waals surface area contributed by atoms with Crippen molar-refractivity contribution in [3.63, 3.8) is 0 Å². The van der Waals surface area contributed by atoms with Gasteiger partial charge in [-0.25, -0.2) is 4.79 Å². The van der Waals surface area contributed by atoms with Crippen LogP contribution < -0.4 is 4.74 Å². The van der Waals surface area contributed by atoms with Crippen LogP contribution in [0.3, 0.4) is 0 Å². The molecule has 0 unspecified atom stereocenters. The third-order valence-electron chi connectivity index (χ3n) is 2.60. The van der Waals surface area contributed by atoms with Gasteiger partial charge in [-0.15, -0.1) is 0 Å². The van der Waals surface area contributed by atoms with Crippen LogP contribution in [-0.2, 0) is 16.0 Å². The molecule has 0 saturated carbocycles. The fourth-order valence-corrected chi connectivity index (χ4v) is 1.48. The highest BCUT2D eigenvalue weighted by atomic mass is 19.4. The van der Waals surface area contributed by atoms with Gasteiger partial charge in [-0.2, -0.15) is 31.6 Å². The maximum atomic E-state index is 12.9. The minimum absolute atomic E-state index is 0.0113. The third-order valence-corrected chi connectivity index (χ3v) is 2.60. The third kappa shape index (κ3) is 3.13. The fraction of sp³-hybridized carbons (Fsp3) is 0.364. The predicted octanol–water partition coefficient (Wildman–Crippen LogP) is 2.61. The molecule has 120 valence electrons. The summed E-state index contributed by atoms with van der Waals surface area (Å²) in [6.07, 6.45) is -12.5. The lowest BCUT2D eigenvalue weighted by atomic mass is 9.97. The van der Waals surface area contributed by atoms with E-state index in [1.54, 1.807) is 0 Å². The van der Waals surface area contributed by atoms with E-state index in [4.69, 9.17) is 13.1 Å². The zero-order valence-electron chi connectivity index (χ0n) is 10.5. The molecule has 0 saturated heterocycles. The molecule has 1 rings (SSSR count). The first kappa shape index (κ1) is 18.1. The van der Waals surface area contributed by atoms with Crippen molar-refractivity contribution in [3.05, 3.63) is 29.8 Å². The number of benzene rings is 1. The summed E-state index contributed by atoms with van der Waals surface area (Å²) in [5.74, 6) is -3.98. The molecule has 0 aromatic heterocycles. The Morgan fingerprint density at radius 3 is 1.82 bits per heavy atom. The summed E-state index contributed by atoms with van der Waals surface area (Å²) in [4.78, 5) is 13.7. The number of halogens is 6. The molecular formula is C11H7BF6O4. The summed E-state index contributed by atoms with van der Waals surface area (Å²) in [5.41, 5.74) is -4.96. The Bertz CT molecular complexity index is 511. The van der Waals surface area contributed by atoms with Gasteiger partial charge in [0.15, 0.2) is 0 Å². The van der Waals surface area contributed by atoms with Crippen molar-refractivity contribution in [2.45, 2.75) is 24.3 Å². The molecule has 0 aliphatic heterocycles. The monoisotopic (exact) mass is 328 g/mol. The molecule has 0 atom stereocenters. The van der Waals surface area contributed by atoms with Gasteiger partial charge in [-0.3, -0.25) is 4.89 Å². The van der Waals surface area contributed by atoms with Crippen LogP contribution in [0.5, 0.6) is 5.75 Å². The van der Waals surface area contributed by atoms with Crippen LogP contribution in [0.1, 0.15) is 5.56 Å². The SMILES string of the molecule is [B]Cc1ccc(OC(C(=O)OO)(C(F)(F)F)C(F)(F)F)cc1. The molecule has 0 heterocycles. The lowest BCUT2D eigenvalue weighted by Crippen LogP contribution is -2.66. The molecule has 0 bridgehead atoms. The molecule has 1 aromatic carbocycles. The van der Waals surface area contributed by atoms with Gasteiger partial charge in [-0.05, 0) is 12.1 Å². The first-order valence-corrected chi connectivity index (χ1v) is 5.47. The Kier molecular flexibility index (Phi) is 5.01. The van der Waals surface area contributed by atoms with Crippen molar-refractivity contribution in [2.75, 3.05) is 0 Å². The van der Waals surface area contributed by atoms with Crippen molar-refractivity contribution in [3.8, 4) is 5.75 Å². The van der Waals surface area contributed by atoms with E-state index in [0.717, 1.165) is 24.3 Å². The average Bonchev–Trinajstić information content (AvgIpc) is 2.41. The van der Waals surface area contributed by atoms with E-state index in [2.05, 4.69) is 9.62 Å². The van der Waals surface area contributed by atoms with Gasteiger partial charge in [0.1, 0.15) is 5.75 Å². The van der Waals surface area contributed by atoms with Crippen molar-refractivity contribution < 1.29 is 46.0 Å². The summed E-state index contributed by atoms with van der Waals surface area (Å²) in [7, 11) is 5.23. The van der Waals surface area contributed by atoms with Crippen LogP contribution in [0.25, 0.3) is 0 Å². The maximum absolute atomic E-state index is 12.9. The number of alkyl halides is 6. The molecule has 0 aliphatic carbocycles. The number of carbonyl (C=O) groups excluding carboxylic acids is 1. The standard InChI is InChI=1S/C11H7BF6O4/c12-5-6-1-3-7(4-2-6)21-9(8(19)22-20,10(13,14)15)11(16,17)18/h1-4,20H,5H2. The predicted molar refractivity (Wildman–Crippen MR) is 60.1 cm³/mol. The van der Waals surface area contributed by atoms with Crippen LogP contribution in [-0.4, -0.2) is 37.0 Å². The van der Waals surface area contributed by atoms with Crippen molar-refractivity contribution in [1.82, 2.24) is 0 Å². The highest BCUT2D eigenvalue weighted by molar-refractivity contribution is 6.08. The molecule has 11 heteroatoms. The van der Waals surface area contributed by atoms with E-state index in [1.165, 1.54) is 0 Å². The highest BCUT2D eigenvalue weighted by Crippen LogP contribution is 2.46. The van der Waals surface area contributed by atoms with Crippen LogP contribution >= 0.6 is 0 Å². The second-order valence-electron chi connectivity index (χ2n) is 4.01. The van der Waals surface area contributed by atoms with E-state index < -0.39 is 29.7 Å². The summed E-state index contributed by atoms with van der Waals surface area (Å²) < 4.78 is 81.0. The second-order valence-corrected chi connectivity index (χ2v) is 4.01. The van der Waals surface area contributed by atoms with Crippen molar-refractivity contribution in [1.29, 1.82) is 0 Å². The van der Waals surface area contributed by atoms with Crippen LogP contribution in [0.4, 0.5) is 26.3 Å². The van der Waals surface area contributed by atoms with E-state index in [1.807, 2.05) is 0 Å². The molecule has 0 amide bonds. The number of hydrogen-bond donors (Lipinski definition) is 1. The largest absolute Gasteiger partial charge is 0.460 e. The average molecular weight is 328 g/mol. The molecule has 0 aliphatic rings. The summed E-state index contributed by atoms with van der Waals surface area (Å²) in [6, 6.07) is 3.74. The van der Waals surface area contributed by atoms with Gasteiger partial charge in [-0.1, -0.05) is 24.0 Å². The maximum Gasteiger partial charge on any atom is 0.449 e. The van der Waals surface area contributed by atoms with Crippen molar-refractivity contribution >= 4 is 13.8 Å². The van der Waals surface area contributed by atoms with Gasteiger partial charge in [0.05, 0.1) is 7.85 Å². The lowest BCUT2D eigenvalue weighted by molar-refractivity contribution is -0.362. The van der Waals surface area contributed by atoms with E-state index in [-0.39, 0.29) is 6.32 Å². The Morgan fingerprint density at radius 2 is 1.50 bits per heavy atom. The van der Waals surface area contributed by atoms with Gasteiger partial charge in [0, 0.05) is 0 Å². The number of ether oxygens (including phenoxy) is 1. The first-order valence-electron chi connectivity index (χ1n) is 5.47. The molecule has 0 spiro atoms. The number of carbonyl (C=O) groups is 1. The van der Waals surface area contributed by atoms with Crippen LogP contribution in [0.15, 0.2) is 24.3 Å². The number of hydrogen-bond acceptors (Lipinski definition) is 4. The van der Waals surface area contributed by atoms with Gasteiger partial charge in [0.25, 0.3) is 0 Å². The minimum Gasteiger partial charge on any atom is -0.460 e. The second kappa shape index (κ2) is 6.07. The Labute approximate surface area is 121 Å². The van der Waals surface area contributed by atoms with Crippen LogP contribution in [0.2, 0.25) is 0 Å². The van der Waals surface area contributed by atoms with Crippen LogP contribution in [0, 0.1) is 0 Å². The Hall–Kier alpha value is -1.91. The molecule has 0 fully saturated rings.